The highest BCUT2D eigenvalue weighted by atomic mass is 19.1. The average Bonchev–Trinajstić information content (AvgIpc) is 2.46. The van der Waals surface area contributed by atoms with Gasteiger partial charge in [-0.05, 0) is 58.7 Å². The van der Waals surface area contributed by atoms with Crippen molar-refractivity contribution in [3.8, 4) is 6.07 Å². The third-order valence-electron chi connectivity index (χ3n) is 4.16. The van der Waals surface area contributed by atoms with Gasteiger partial charge in [0.15, 0.2) is 0 Å². The van der Waals surface area contributed by atoms with Gasteiger partial charge in [-0.1, -0.05) is 39.8 Å². The minimum Gasteiger partial charge on any atom is -0.207 e. The lowest BCUT2D eigenvalue weighted by Gasteiger charge is -2.26. The standard InChI is InChI=1S/C20H21F2N/c1-13(2)16-7-5-14(10-19(16)22)11-20(3,4)17-9-15(12-23)6-8-18(17)21/h5-10,13H,11H2,1-4H3. The predicted octanol–water partition coefficient (Wildman–Crippen LogP) is 5.48. The van der Waals surface area contributed by atoms with Crippen LogP contribution >= 0.6 is 0 Å². The molecule has 0 aromatic heterocycles. The van der Waals surface area contributed by atoms with Gasteiger partial charge in [-0.15, -0.1) is 0 Å². The van der Waals surface area contributed by atoms with E-state index in [-0.39, 0.29) is 17.6 Å². The van der Waals surface area contributed by atoms with Crippen molar-refractivity contribution in [2.45, 2.75) is 45.4 Å². The van der Waals surface area contributed by atoms with Crippen LogP contribution in [-0.2, 0) is 11.8 Å². The summed E-state index contributed by atoms with van der Waals surface area (Å²) in [5.74, 6) is -0.436. The van der Waals surface area contributed by atoms with Gasteiger partial charge in [0, 0.05) is 0 Å². The summed E-state index contributed by atoms with van der Waals surface area (Å²) in [7, 11) is 0. The van der Waals surface area contributed by atoms with E-state index in [1.54, 1.807) is 12.1 Å². The van der Waals surface area contributed by atoms with E-state index in [4.69, 9.17) is 5.26 Å². The van der Waals surface area contributed by atoms with Crippen LogP contribution in [0.1, 0.15) is 55.9 Å². The van der Waals surface area contributed by atoms with Gasteiger partial charge in [0.25, 0.3) is 0 Å². The predicted molar refractivity (Wildman–Crippen MR) is 88.3 cm³/mol. The van der Waals surface area contributed by atoms with E-state index in [9.17, 15) is 8.78 Å². The van der Waals surface area contributed by atoms with Crippen LogP contribution in [0.5, 0.6) is 0 Å². The molecule has 0 atom stereocenters. The van der Waals surface area contributed by atoms with Crippen molar-refractivity contribution in [1.82, 2.24) is 0 Å². The molecule has 0 radical (unpaired) electrons. The molecule has 0 heterocycles. The van der Waals surface area contributed by atoms with Crippen molar-refractivity contribution in [1.29, 1.82) is 5.26 Å². The molecule has 0 amide bonds. The van der Waals surface area contributed by atoms with Gasteiger partial charge in [-0.2, -0.15) is 5.26 Å². The van der Waals surface area contributed by atoms with Crippen molar-refractivity contribution in [2.75, 3.05) is 0 Å². The lowest BCUT2D eigenvalue weighted by Crippen LogP contribution is -2.22. The Kier molecular flexibility index (Phi) is 4.85. The number of hydrogen-bond acceptors (Lipinski definition) is 1. The minimum absolute atomic E-state index is 0.127. The summed E-state index contributed by atoms with van der Waals surface area (Å²) in [4.78, 5) is 0. The summed E-state index contributed by atoms with van der Waals surface area (Å²) in [6, 6.07) is 11.6. The molecule has 23 heavy (non-hydrogen) atoms. The number of hydrogen-bond donors (Lipinski definition) is 0. The van der Waals surface area contributed by atoms with E-state index in [0.29, 0.717) is 23.1 Å². The first-order valence-corrected chi connectivity index (χ1v) is 7.73. The fourth-order valence-electron chi connectivity index (χ4n) is 2.87. The first-order valence-electron chi connectivity index (χ1n) is 7.73. The fraction of sp³-hybridized carbons (Fsp3) is 0.350. The van der Waals surface area contributed by atoms with Gasteiger partial charge >= 0.3 is 0 Å². The Hall–Kier alpha value is -2.21. The molecule has 0 fully saturated rings. The number of nitriles is 1. The topological polar surface area (TPSA) is 23.8 Å². The highest BCUT2D eigenvalue weighted by Crippen LogP contribution is 2.31. The monoisotopic (exact) mass is 313 g/mol. The normalized spacial score (nSPS) is 11.6. The lowest BCUT2D eigenvalue weighted by atomic mass is 9.78. The van der Waals surface area contributed by atoms with Crippen LogP contribution in [0.4, 0.5) is 8.78 Å². The molecular formula is C20H21F2N. The maximum atomic E-state index is 14.2. The van der Waals surface area contributed by atoms with E-state index < -0.39 is 5.41 Å². The van der Waals surface area contributed by atoms with Gasteiger partial charge in [-0.25, -0.2) is 8.78 Å². The third-order valence-corrected chi connectivity index (χ3v) is 4.16. The van der Waals surface area contributed by atoms with Crippen molar-refractivity contribution < 1.29 is 8.78 Å². The number of rotatable bonds is 4. The van der Waals surface area contributed by atoms with Crippen LogP contribution in [0, 0.1) is 23.0 Å². The minimum atomic E-state index is -0.539. The Morgan fingerprint density at radius 2 is 1.74 bits per heavy atom. The molecule has 0 saturated heterocycles. The molecule has 2 aromatic rings. The van der Waals surface area contributed by atoms with E-state index in [1.807, 2.05) is 39.8 Å². The highest BCUT2D eigenvalue weighted by Gasteiger charge is 2.25. The van der Waals surface area contributed by atoms with Crippen molar-refractivity contribution in [3.63, 3.8) is 0 Å². The van der Waals surface area contributed by atoms with Crippen molar-refractivity contribution in [2.24, 2.45) is 0 Å². The summed E-state index contributed by atoms with van der Waals surface area (Å²) >= 11 is 0. The zero-order valence-electron chi connectivity index (χ0n) is 14.0. The van der Waals surface area contributed by atoms with Gasteiger partial charge in [0.05, 0.1) is 11.6 Å². The van der Waals surface area contributed by atoms with Crippen LogP contribution in [0.3, 0.4) is 0 Å². The Morgan fingerprint density at radius 3 is 2.30 bits per heavy atom. The van der Waals surface area contributed by atoms with Crippen LogP contribution in [0.25, 0.3) is 0 Å². The largest absolute Gasteiger partial charge is 0.207 e. The summed E-state index contributed by atoms with van der Waals surface area (Å²) < 4.78 is 28.3. The highest BCUT2D eigenvalue weighted by molar-refractivity contribution is 5.38. The van der Waals surface area contributed by atoms with Crippen molar-refractivity contribution >= 4 is 0 Å². The molecule has 0 unspecified atom stereocenters. The molecule has 0 N–H and O–H groups in total. The second-order valence-electron chi connectivity index (χ2n) is 6.88. The maximum absolute atomic E-state index is 14.2. The molecule has 1 nitrogen and oxygen atoms in total. The van der Waals surface area contributed by atoms with Gasteiger partial charge in [-0.3, -0.25) is 0 Å². The molecule has 0 aliphatic heterocycles. The molecule has 0 spiro atoms. The SMILES string of the molecule is CC(C)c1ccc(CC(C)(C)c2cc(C#N)ccc2F)cc1F. The second-order valence-corrected chi connectivity index (χ2v) is 6.88. The summed E-state index contributed by atoms with van der Waals surface area (Å²) in [5, 5.41) is 9.01. The van der Waals surface area contributed by atoms with Crippen LogP contribution < -0.4 is 0 Å². The molecule has 2 aromatic carbocycles. The summed E-state index contributed by atoms with van der Waals surface area (Å²) in [6.45, 7) is 7.71. The Morgan fingerprint density at radius 1 is 1.04 bits per heavy atom. The molecule has 0 aliphatic rings. The molecule has 0 aliphatic carbocycles. The van der Waals surface area contributed by atoms with Crippen LogP contribution in [-0.4, -0.2) is 0 Å². The number of halogens is 2. The first-order chi connectivity index (χ1) is 10.7. The van der Waals surface area contributed by atoms with E-state index in [1.165, 1.54) is 18.2 Å². The quantitative estimate of drug-likeness (QED) is 0.733. The smallest absolute Gasteiger partial charge is 0.127 e. The fourth-order valence-corrected chi connectivity index (χ4v) is 2.87. The molecule has 2 rings (SSSR count). The summed E-state index contributed by atoms with van der Waals surface area (Å²) in [5.41, 5.74) is 1.87. The van der Waals surface area contributed by atoms with E-state index in [2.05, 4.69) is 0 Å². The van der Waals surface area contributed by atoms with Gasteiger partial charge in [0.1, 0.15) is 11.6 Å². The molecule has 120 valence electrons. The third kappa shape index (κ3) is 3.76. The average molecular weight is 313 g/mol. The molecule has 3 heteroatoms. The maximum Gasteiger partial charge on any atom is 0.127 e. The number of benzene rings is 2. The van der Waals surface area contributed by atoms with Gasteiger partial charge in [0.2, 0.25) is 0 Å². The Bertz CT molecular complexity index is 755. The molecule has 0 bridgehead atoms. The van der Waals surface area contributed by atoms with E-state index >= 15 is 0 Å². The lowest BCUT2D eigenvalue weighted by molar-refractivity contribution is 0.479. The van der Waals surface area contributed by atoms with Crippen LogP contribution in [0.15, 0.2) is 36.4 Å². The van der Waals surface area contributed by atoms with E-state index in [0.717, 1.165) is 5.56 Å². The molecule has 0 saturated carbocycles. The van der Waals surface area contributed by atoms with Crippen molar-refractivity contribution in [3.05, 3.63) is 70.3 Å². The van der Waals surface area contributed by atoms with Gasteiger partial charge < -0.3 is 0 Å². The zero-order valence-corrected chi connectivity index (χ0v) is 14.0. The first kappa shape index (κ1) is 17.1. The number of nitrogens with zero attached hydrogens (tertiary/aromatic N) is 1. The Balaban J connectivity index is 2.35. The molecular weight excluding hydrogens is 292 g/mol. The Labute approximate surface area is 136 Å². The summed E-state index contributed by atoms with van der Waals surface area (Å²) in [6.07, 6.45) is 0.494. The van der Waals surface area contributed by atoms with Crippen LogP contribution in [0.2, 0.25) is 0 Å². The zero-order chi connectivity index (χ0) is 17.2. The second kappa shape index (κ2) is 6.50.